The van der Waals surface area contributed by atoms with E-state index in [1.807, 2.05) is 5.32 Å². The minimum absolute atomic E-state index is 0.0724. The van der Waals surface area contributed by atoms with E-state index in [1.54, 1.807) is 23.1 Å². The van der Waals surface area contributed by atoms with Gasteiger partial charge in [-0.2, -0.15) is 4.98 Å². The van der Waals surface area contributed by atoms with E-state index in [1.165, 1.54) is 20.3 Å². The van der Waals surface area contributed by atoms with Gasteiger partial charge in [0.1, 0.15) is 0 Å². The van der Waals surface area contributed by atoms with Crippen LogP contribution in [0.4, 0.5) is 22.0 Å². The summed E-state index contributed by atoms with van der Waals surface area (Å²) < 4.78 is 38.2. The Bertz CT molecular complexity index is 1540. The normalized spacial score (nSPS) is 16.6. The van der Waals surface area contributed by atoms with E-state index in [2.05, 4.69) is 35.9 Å². The lowest BCUT2D eigenvalue weighted by molar-refractivity contribution is -0.117. The second kappa shape index (κ2) is 12.2. The first-order chi connectivity index (χ1) is 21.0. The first-order valence-corrected chi connectivity index (χ1v) is 12.9. The molecule has 15 heteroatoms. The van der Waals surface area contributed by atoms with Crippen LogP contribution in [0.3, 0.4) is 0 Å². The van der Waals surface area contributed by atoms with Gasteiger partial charge in [-0.3, -0.25) is 14.5 Å². The van der Waals surface area contributed by atoms with E-state index in [4.69, 9.17) is 18.1 Å². The Hall–Kier alpha value is -4.79. The highest BCUT2D eigenvalue weighted by Crippen LogP contribution is 2.37. The number of nitrogens with zero attached hydrogens (tertiary/aromatic N) is 6. The lowest BCUT2D eigenvalue weighted by Crippen LogP contribution is -2.48. The molecule has 0 bridgehead atoms. The quantitative estimate of drug-likeness (QED) is 0.342. The molecule has 1 aliphatic carbocycles. The van der Waals surface area contributed by atoms with Crippen molar-refractivity contribution in [1.29, 1.82) is 0 Å². The standard InChI is InChI=1S/C26H31N9O6/c1-27-25(37)21-18(13-19(31-32-21)29-24(36)15-7-8-15)28-17-6-4-5-16(22(17)39-2)23-30-20(41-33-23)14-34-9-11-35(12-10-34)26(38)40-3/h4-6,13,15H,7-12,14H2,1-3H3,(H,27,37)(H2,28,29,31,36)/i1D3. The number of benzene rings is 1. The molecule has 0 atom stereocenters. The first kappa shape index (κ1) is 24.0. The van der Waals surface area contributed by atoms with E-state index in [0.717, 1.165) is 12.8 Å². The predicted octanol–water partition coefficient (Wildman–Crippen LogP) is 1.87. The molecule has 0 radical (unpaired) electrons. The van der Waals surface area contributed by atoms with E-state index < -0.39 is 12.9 Å². The Morgan fingerprint density at radius 3 is 2.63 bits per heavy atom. The van der Waals surface area contributed by atoms with E-state index in [0.29, 0.717) is 55.6 Å². The van der Waals surface area contributed by atoms with Crippen molar-refractivity contribution >= 4 is 35.1 Å². The van der Waals surface area contributed by atoms with Crippen LogP contribution < -0.4 is 20.7 Å². The number of carbonyl (C=O) groups excluding carboxylic acids is 3. The number of aromatic nitrogens is 4. The zero-order valence-corrected chi connectivity index (χ0v) is 22.5. The predicted molar refractivity (Wildman–Crippen MR) is 146 cm³/mol. The summed E-state index contributed by atoms with van der Waals surface area (Å²) in [5, 5.41) is 19.5. The van der Waals surface area contributed by atoms with Crippen LogP contribution in [0.15, 0.2) is 28.8 Å². The molecule has 3 N–H and O–H groups in total. The number of anilines is 3. The van der Waals surface area contributed by atoms with Crippen molar-refractivity contribution in [2.75, 3.05) is 58.0 Å². The van der Waals surface area contributed by atoms with E-state index in [-0.39, 0.29) is 40.9 Å². The van der Waals surface area contributed by atoms with Gasteiger partial charge in [0.2, 0.25) is 17.6 Å². The Morgan fingerprint density at radius 2 is 1.93 bits per heavy atom. The molecule has 1 aromatic carbocycles. The Morgan fingerprint density at radius 1 is 1.12 bits per heavy atom. The Balaban J connectivity index is 1.37. The number of piperazine rings is 1. The number of amides is 3. The Kier molecular flexibility index (Phi) is 7.13. The molecule has 1 aliphatic heterocycles. The maximum Gasteiger partial charge on any atom is 0.409 e. The molecule has 0 unspecified atom stereocenters. The van der Waals surface area contributed by atoms with Gasteiger partial charge in [0.05, 0.1) is 37.7 Å². The first-order valence-electron chi connectivity index (χ1n) is 14.4. The maximum atomic E-state index is 12.8. The van der Waals surface area contributed by atoms with Crippen molar-refractivity contribution in [3.05, 3.63) is 35.9 Å². The largest absolute Gasteiger partial charge is 0.494 e. The monoisotopic (exact) mass is 568 g/mol. The third-order valence-corrected chi connectivity index (χ3v) is 6.68. The van der Waals surface area contributed by atoms with Gasteiger partial charge in [-0.05, 0) is 25.0 Å². The molecular formula is C26H31N9O6. The molecule has 0 spiro atoms. The van der Waals surface area contributed by atoms with Gasteiger partial charge >= 0.3 is 6.09 Å². The zero-order valence-electron chi connectivity index (χ0n) is 25.5. The van der Waals surface area contributed by atoms with Crippen LogP contribution in [-0.2, 0) is 16.1 Å². The summed E-state index contributed by atoms with van der Waals surface area (Å²) in [7, 11) is 2.80. The molecule has 3 aromatic rings. The molecule has 15 nitrogen and oxygen atoms in total. The molecule has 1 saturated heterocycles. The number of para-hydroxylation sites is 1. The molecule has 2 aromatic heterocycles. The molecule has 1 saturated carbocycles. The summed E-state index contributed by atoms with van der Waals surface area (Å²) in [6, 6.07) is 6.48. The van der Waals surface area contributed by atoms with Crippen LogP contribution in [-0.4, -0.2) is 95.4 Å². The lowest BCUT2D eigenvalue weighted by Gasteiger charge is -2.32. The van der Waals surface area contributed by atoms with E-state index in [9.17, 15) is 14.4 Å². The highest BCUT2D eigenvalue weighted by atomic mass is 16.5. The minimum atomic E-state index is -2.77. The topological polar surface area (TPSA) is 177 Å². The summed E-state index contributed by atoms with van der Waals surface area (Å²) >= 11 is 0. The van der Waals surface area contributed by atoms with Crippen LogP contribution >= 0.6 is 0 Å². The van der Waals surface area contributed by atoms with Crippen LogP contribution in [0.25, 0.3) is 11.4 Å². The summed E-state index contributed by atoms with van der Waals surface area (Å²) in [5.74, 6) is -0.320. The van der Waals surface area contributed by atoms with Gasteiger partial charge in [0.15, 0.2) is 17.3 Å². The zero-order chi connectivity index (χ0) is 31.4. The van der Waals surface area contributed by atoms with Crippen LogP contribution in [0.2, 0.25) is 0 Å². The average molecular weight is 569 g/mol. The van der Waals surface area contributed by atoms with Crippen molar-refractivity contribution in [3.8, 4) is 17.1 Å². The van der Waals surface area contributed by atoms with Crippen LogP contribution in [0.1, 0.15) is 33.3 Å². The smallest absolute Gasteiger partial charge is 0.409 e. The summed E-state index contributed by atoms with van der Waals surface area (Å²) in [4.78, 5) is 45.1. The van der Waals surface area contributed by atoms with Gasteiger partial charge in [-0.25, -0.2) is 4.79 Å². The summed E-state index contributed by atoms with van der Waals surface area (Å²) in [6.45, 7) is -0.151. The molecule has 3 heterocycles. The SMILES string of the molecule is [2H]C([2H])([2H])NC(=O)c1nnc(NC(=O)C2CC2)cc1Nc1cccc(-c2noc(CN3CCN(C(=O)OC)CC3)n2)c1OC. The molecular weight excluding hydrogens is 534 g/mol. The third-order valence-electron chi connectivity index (χ3n) is 6.68. The average Bonchev–Trinajstić information content (AvgIpc) is 3.75. The lowest BCUT2D eigenvalue weighted by atomic mass is 10.1. The second-order valence-electron chi connectivity index (χ2n) is 9.47. The number of ether oxygens (including phenoxy) is 2. The molecule has 5 rings (SSSR count). The van der Waals surface area contributed by atoms with Crippen LogP contribution in [0, 0.1) is 5.92 Å². The van der Waals surface area contributed by atoms with Crippen molar-refractivity contribution in [2.45, 2.75) is 19.4 Å². The summed E-state index contributed by atoms with van der Waals surface area (Å²) in [6.07, 6.45) is 1.19. The number of hydrogen-bond acceptors (Lipinski definition) is 12. The van der Waals surface area contributed by atoms with Gasteiger partial charge in [-0.15, -0.1) is 10.2 Å². The van der Waals surface area contributed by atoms with Crippen LogP contribution in [0.5, 0.6) is 5.75 Å². The second-order valence-corrected chi connectivity index (χ2v) is 9.47. The van der Waals surface area contributed by atoms with Crippen molar-refractivity contribution < 1.29 is 32.5 Å². The van der Waals surface area contributed by atoms with Gasteiger partial charge < -0.3 is 34.8 Å². The third kappa shape index (κ3) is 6.35. The number of rotatable bonds is 9. The fourth-order valence-electron chi connectivity index (χ4n) is 4.36. The Labute approximate surface area is 239 Å². The van der Waals surface area contributed by atoms with E-state index >= 15 is 0 Å². The number of hydrogen-bond donors (Lipinski definition) is 3. The molecule has 2 fully saturated rings. The fourth-order valence-corrected chi connectivity index (χ4v) is 4.36. The van der Waals surface area contributed by atoms with Gasteiger partial charge in [0.25, 0.3) is 5.91 Å². The summed E-state index contributed by atoms with van der Waals surface area (Å²) in [5.41, 5.74) is 0.599. The highest BCUT2D eigenvalue weighted by molar-refractivity contribution is 6.00. The fraction of sp³-hybridized carbons (Fsp3) is 0.423. The van der Waals surface area contributed by atoms with Crippen molar-refractivity contribution in [3.63, 3.8) is 0 Å². The van der Waals surface area contributed by atoms with Gasteiger partial charge in [-0.1, -0.05) is 11.2 Å². The maximum absolute atomic E-state index is 12.8. The molecule has 216 valence electrons. The highest BCUT2D eigenvalue weighted by Gasteiger charge is 2.30. The molecule has 41 heavy (non-hydrogen) atoms. The minimum Gasteiger partial charge on any atom is -0.494 e. The number of nitrogens with one attached hydrogen (secondary N) is 3. The molecule has 3 amide bonds. The van der Waals surface area contributed by atoms with Gasteiger partial charge in [0, 0.05) is 49.3 Å². The molecule has 2 aliphatic rings. The number of methoxy groups -OCH3 is 2. The van der Waals surface area contributed by atoms with Crippen molar-refractivity contribution in [2.24, 2.45) is 5.92 Å². The number of carbonyl (C=O) groups is 3. The van der Waals surface area contributed by atoms with Crippen molar-refractivity contribution in [1.82, 2.24) is 35.5 Å².